The molecule has 0 spiro atoms. The summed E-state index contributed by atoms with van der Waals surface area (Å²) in [6, 6.07) is 7.86. The van der Waals surface area contributed by atoms with Gasteiger partial charge in [-0.2, -0.15) is 0 Å². The van der Waals surface area contributed by atoms with Gasteiger partial charge in [0, 0.05) is 0 Å². The van der Waals surface area contributed by atoms with Crippen molar-refractivity contribution in [3.05, 3.63) is 42.5 Å². The zero-order valence-electron chi connectivity index (χ0n) is 11.9. The van der Waals surface area contributed by atoms with Crippen molar-refractivity contribution in [3.8, 4) is 5.75 Å². The third kappa shape index (κ3) is 4.12. The molecule has 0 amide bonds. The molecule has 0 fully saturated rings. The van der Waals surface area contributed by atoms with Gasteiger partial charge in [0.2, 0.25) is 0 Å². The van der Waals surface area contributed by atoms with Crippen LogP contribution in [0.15, 0.2) is 36.9 Å². The number of aryl methyl sites for hydroxylation is 1. The molecule has 0 aliphatic rings. The third-order valence-corrected chi connectivity index (χ3v) is 3.28. The zero-order valence-corrected chi connectivity index (χ0v) is 11.9. The van der Waals surface area contributed by atoms with E-state index in [2.05, 4.69) is 6.58 Å². The number of methoxy groups -OCH3 is 1. The molecule has 19 heavy (non-hydrogen) atoms. The molecule has 0 radical (unpaired) electrons. The van der Waals surface area contributed by atoms with E-state index in [9.17, 15) is 4.79 Å². The number of hydrogen-bond donors (Lipinski definition) is 0. The third-order valence-electron chi connectivity index (χ3n) is 3.28. The Labute approximate surface area is 115 Å². The van der Waals surface area contributed by atoms with Gasteiger partial charge in [-0.1, -0.05) is 18.2 Å². The fourth-order valence-corrected chi connectivity index (χ4v) is 1.78. The van der Waals surface area contributed by atoms with Crippen LogP contribution >= 0.6 is 0 Å². The number of rotatable bonds is 7. The second kappa shape index (κ2) is 6.98. The van der Waals surface area contributed by atoms with Crippen LogP contribution in [0.1, 0.15) is 25.8 Å². The molecule has 1 aromatic rings. The van der Waals surface area contributed by atoms with Crippen LogP contribution in [0.2, 0.25) is 0 Å². The summed E-state index contributed by atoms with van der Waals surface area (Å²) < 4.78 is 10.2. The highest BCUT2D eigenvalue weighted by Crippen LogP contribution is 2.27. The Kier molecular flexibility index (Phi) is 5.61. The van der Waals surface area contributed by atoms with E-state index in [-0.39, 0.29) is 5.97 Å². The van der Waals surface area contributed by atoms with Crippen LogP contribution < -0.4 is 4.74 Å². The van der Waals surface area contributed by atoms with E-state index in [4.69, 9.17) is 9.47 Å². The number of ether oxygens (including phenoxy) is 2. The van der Waals surface area contributed by atoms with Crippen LogP contribution in [0.3, 0.4) is 0 Å². The Morgan fingerprint density at radius 2 is 2.00 bits per heavy atom. The molecule has 0 aromatic heterocycles. The molecule has 3 nitrogen and oxygen atoms in total. The Hall–Kier alpha value is -1.77. The van der Waals surface area contributed by atoms with Crippen molar-refractivity contribution in [2.45, 2.75) is 26.7 Å². The first-order valence-electron chi connectivity index (χ1n) is 6.49. The monoisotopic (exact) mass is 262 g/mol. The van der Waals surface area contributed by atoms with E-state index in [1.54, 1.807) is 13.2 Å². The van der Waals surface area contributed by atoms with Crippen molar-refractivity contribution in [2.75, 3.05) is 13.7 Å². The average molecular weight is 262 g/mol. The van der Waals surface area contributed by atoms with Gasteiger partial charge in [0.15, 0.2) is 0 Å². The maximum Gasteiger partial charge on any atom is 0.315 e. The standard InChI is InChI=1S/C16H22O3/c1-5-16(3,15(17)19-6-2)12-11-13-7-9-14(18-4)10-8-13/h5,7-10H,1,6,11-12H2,2-4H3. The second-order valence-electron chi connectivity index (χ2n) is 4.69. The topological polar surface area (TPSA) is 35.5 Å². The Bertz CT molecular complexity index is 422. The molecule has 0 saturated heterocycles. The van der Waals surface area contributed by atoms with E-state index >= 15 is 0 Å². The smallest absolute Gasteiger partial charge is 0.315 e. The normalized spacial score (nSPS) is 13.4. The molecule has 1 aromatic carbocycles. The number of hydrogen-bond acceptors (Lipinski definition) is 3. The van der Waals surface area contributed by atoms with Crippen LogP contribution in [0.5, 0.6) is 5.75 Å². The van der Waals surface area contributed by atoms with E-state index < -0.39 is 5.41 Å². The first kappa shape index (κ1) is 15.3. The first-order chi connectivity index (χ1) is 9.05. The molecule has 3 heteroatoms. The lowest BCUT2D eigenvalue weighted by molar-refractivity contribution is -0.151. The molecule has 1 atom stereocenters. The van der Waals surface area contributed by atoms with Crippen LogP contribution in [0.25, 0.3) is 0 Å². The fraction of sp³-hybridized carbons (Fsp3) is 0.438. The molecule has 0 aliphatic heterocycles. The van der Waals surface area contributed by atoms with Gasteiger partial charge in [-0.15, -0.1) is 6.58 Å². The van der Waals surface area contributed by atoms with E-state index in [1.165, 1.54) is 0 Å². The van der Waals surface area contributed by atoms with Crippen molar-refractivity contribution in [1.29, 1.82) is 0 Å². The minimum Gasteiger partial charge on any atom is -0.497 e. The number of benzene rings is 1. The summed E-state index contributed by atoms with van der Waals surface area (Å²) in [5.74, 6) is 0.624. The van der Waals surface area contributed by atoms with Gasteiger partial charge in [-0.3, -0.25) is 4.79 Å². The van der Waals surface area contributed by atoms with Gasteiger partial charge in [-0.25, -0.2) is 0 Å². The lowest BCUT2D eigenvalue weighted by atomic mass is 9.84. The highest BCUT2D eigenvalue weighted by molar-refractivity contribution is 5.78. The molecule has 0 heterocycles. The average Bonchev–Trinajstić information content (AvgIpc) is 2.45. The van der Waals surface area contributed by atoms with Crippen molar-refractivity contribution >= 4 is 5.97 Å². The zero-order chi connectivity index (χ0) is 14.3. The quantitative estimate of drug-likeness (QED) is 0.558. The van der Waals surface area contributed by atoms with Gasteiger partial charge in [-0.05, 0) is 44.4 Å². The number of carbonyl (C=O) groups excluding carboxylic acids is 1. The van der Waals surface area contributed by atoms with Crippen molar-refractivity contribution in [3.63, 3.8) is 0 Å². The van der Waals surface area contributed by atoms with Crippen LogP contribution in [0.4, 0.5) is 0 Å². The Morgan fingerprint density at radius 1 is 1.37 bits per heavy atom. The second-order valence-corrected chi connectivity index (χ2v) is 4.69. The Balaban J connectivity index is 2.66. The lowest BCUT2D eigenvalue weighted by Crippen LogP contribution is -2.28. The molecule has 0 aliphatic carbocycles. The molecular formula is C16H22O3. The van der Waals surface area contributed by atoms with Crippen LogP contribution in [-0.4, -0.2) is 19.7 Å². The molecule has 104 valence electrons. The highest BCUT2D eigenvalue weighted by atomic mass is 16.5. The summed E-state index contributed by atoms with van der Waals surface area (Å²) in [7, 11) is 1.64. The van der Waals surface area contributed by atoms with Gasteiger partial charge >= 0.3 is 5.97 Å². The van der Waals surface area contributed by atoms with E-state index in [0.717, 1.165) is 17.7 Å². The summed E-state index contributed by atoms with van der Waals surface area (Å²) in [6.07, 6.45) is 3.15. The lowest BCUT2D eigenvalue weighted by Gasteiger charge is -2.23. The maximum absolute atomic E-state index is 11.9. The van der Waals surface area contributed by atoms with Gasteiger partial charge in [0.05, 0.1) is 19.1 Å². The van der Waals surface area contributed by atoms with Crippen molar-refractivity contribution < 1.29 is 14.3 Å². The van der Waals surface area contributed by atoms with E-state index in [1.807, 2.05) is 38.1 Å². The summed E-state index contributed by atoms with van der Waals surface area (Å²) in [4.78, 5) is 11.9. The Morgan fingerprint density at radius 3 is 2.47 bits per heavy atom. The van der Waals surface area contributed by atoms with E-state index in [0.29, 0.717) is 13.0 Å². The minimum absolute atomic E-state index is 0.210. The van der Waals surface area contributed by atoms with Crippen molar-refractivity contribution in [2.24, 2.45) is 5.41 Å². The molecule has 1 unspecified atom stereocenters. The first-order valence-corrected chi connectivity index (χ1v) is 6.49. The summed E-state index contributed by atoms with van der Waals surface area (Å²) >= 11 is 0. The maximum atomic E-state index is 11.9. The minimum atomic E-state index is -0.629. The SMILES string of the molecule is C=CC(C)(CCc1ccc(OC)cc1)C(=O)OCC. The fourth-order valence-electron chi connectivity index (χ4n) is 1.78. The largest absolute Gasteiger partial charge is 0.497 e. The summed E-state index contributed by atoms with van der Waals surface area (Å²) in [6.45, 7) is 7.82. The van der Waals surface area contributed by atoms with Gasteiger partial charge in [0.25, 0.3) is 0 Å². The molecular weight excluding hydrogens is 240 g/mol. The molecule has 0 N–H and O–H groups in total. The number of carbonyl (C=O) groups is 1. The van der Waals surface area contributed by atoms with Crippen LogP contribution in [0, 0.1) is 5.41 Å². The van der Waals surface area contributed by atoms with Gasteiger partial charge in [0.1, 0.15) is 5.75 Å². The predicted octanol–water partition coefficient (Wildman–Crippen LogP) is 3.38. The van der Waals surface area contributed by atoms with Crippen molar-refractivity contribution in [1.82, 2.24) is 0 Å². The number of esters is 1. The highest BCUT2D eigenvalue weighted by Gasteiger charge is 2.30. The summed E-state index contributed by atoms with van der Waals surface area (Å²) in [5.41, 5.74) is 0.536. The van der Waals surface area contributed by atoms with Gasteiger partial charge < -0.3 is 9.47 Å². The summed E-state index contributed by atoms with van der Waals surface area (Å²) in [5, 5.41) is 0. The predicted molar refractivity (Wildman–Crippen MR) is 76.3 cm³/mol. The molecule has 1 rings (SSSR count). The molecule has 0 saturated carbocycles. The molecule has 0 bridgehead atoms. The van der Waals surface area contributed by atoms with Crippen LogP contribution in [-0.2, 0) is 16.0 Å².